The number of methoxy groups -OCH3 is 2. The predicted molar refractivity (Wildman–Crippen MR) is 147 cm³/mol. The number of aromatic nitrogens is 4. The monoisotopic (exact) mass is 645 g/mol. The first-order chi connectivity index (χ1) is 20.4. The summed E-state index contributed by atoms with van der Waals surface area (Å²) in [4.78, 5) is 11.5. The average Bonchev–Trinajstić information content (AvgIpc) is 3.50. The summed E-state index contributed by atoms with van der Waals surface area (Å²) in [6.07, 6.45) is -7.41. The van der Waals surface area contributed by atoms with Crippen LogP contribution in [0.2, 0.25) is 0 Å². The molecule has 230 valence electrons. The summed E-state index contributed by atoms with van der Waals surface area (Å²) in [7, 11) is 2.90. The van der Waals surface area contributed by atoms with Crippen LogP contribution in [0.5, 0.6) is 23.0 Å². The summed E-state index contributed by atoms with van der Waals surface area (Å²) in [6.45, 7) is -5.47. The smallest absolute Gasteiger partial charge is 0.435 e. The minimum absolute atomic E-state index is 0.0709. The predicted octanol–water partition coefficient (Wildman–Crippen LogP) is 4.35. The maximum atomic E-state index is 15.5. The normalized spacial score (nSPS) is 21.7. The Balaban J connectivity index is 1.47. The van der Waals surface area contributed by atoms with E-state index >= 15 is 8.78 Å². The van der Waals surface area contributed by atoms with Gasteiger partial charge in [0.1, 0.15) is 34.8 Å². The van der Waals surface area contributed by atoms with Crippen molar-refractivity contribution in [1.29, 1.82) is 0 Å². The lowest BCUT2D eigenvalue weighted by atomic mass is 9.96. The molecule has 3 heterocycles. The fourth-order valence-electron chi connectivity index (χ4n) is 4.22. The van der Waals surface area contributed by atoms with Crippen molar-refractivity contribution in [3.05, 3.63) is 61.2 Å². The fraction of sp³-hybridized carbons (Fsp3) is 0.320. The van der Waals surface area contributed by atoms with Crippen LogP contribution >= 0.6 is 6.72 Å². The van der Waals surface area contributed by atoms with Crippen LogP contribution < -0.4 is 24.3 Å². The number of aliphatic hydroxyl groups excluding tert-OH is 1. The molecule has 2 aromatic carbocycles. The van der Waals surface area contributed by atoms with Crippen LogP contribution in [0.25, 0.3) is 11.2 Å². The molecule has 43 heavy (non-hydrogen) atoms. The van der Waals surface area contributed by atoms with E-state index in [4.69, 9.17) is 45.3 Å². The number of rotatable bonds is 11. The molecule has 1 fully saturated rings. The van der Waals surface area contributed by atoms with Gasteiger partial charge in [-0.3, -0.25) is 9.09 Å². The standard InChI is InChI=1S/C25H24F4N5O7PS/c1-36-14-3-7-16(8-4-14)40-42(43,41-17-9-5-15(37-2)6-10-17)38-11-24(22(26)27)21(35)25(28,29)23(39-24)34-13-33-18-19(30)31-12-32-20(18)34/h3-10,12-13,21-23,35H,11H2,1-2H3,(H2,30,31,32)/t21?,23-,24-/m1/s1. The SMILES string of the molecule is COc1ccc(OP(=S)(OC[C@@]2(C(F)F)O[C@@H](n3cnc4c(N)ncnc43)C(F)(F)C2O)Oc2ccc(OC)cc2)cc1. The number of hydrogen-bond acceptors (Lipinski definition) is 12. The second kappa shape index (κ2) is 11.7. The van der Waals surface area contributed by atoms with Crippen molar-refractivity contribution in [3.8, 4) is 23.0 Å². The number of aliphatic hydroxyl groups is 1. The highest BCUT2D eigenvalue weighted by Crippen LogP contribution is 2.55. The maximum absolute atomic E-state index is 15.5. The summed E-state index contributed by atoms with van der Waals surface area (Å²) in [5.41, 5.74) is 2.13. The topological polar surface area (TPSA) is 145 Å². The first-order valence-corrected chi connectivity index (χ1v) is 14.8. The third-order valence-electron chi connectivity index (χ3n) is 6.50. The number of hydrogen-bond donors (Lipinski definition) is 2. The molecular weight excluding hydrogens is 621 g/mol. The molecule has 12 nitrogen and oxygen atoms in total. The second-order valence-electron chi connectivity index (χ2n) is 9.14. The summed E-state index contributed by atoms with van der Waals surface area (Å²) in [5.74, 6) is -3.28. The molecule has 3 N–H and O–H groups in total. The largest absolute Gasteiger partial charge is 0.497 e. The Kier molecular flexibility index (Phi) is 8.37. The molecule has 1 saturated heterocycles. The first-order valence-electron chi connectivity index (χ1n) is 12.3. The van der Waals surface area contributed by atoms with E-state index in [1.54, 1.807) is 0 Å². The number of nitrogens with two attached hydrogens (primary N) is 1. The van der Waals surface area contributed by atoms with E-state index in [9.17, 15) is 13.9 Å². The number of fused-ring (bicyclic) bond motifs is 1. The van der Waals surface area contributed by atoms with Gasteiger partial charge in [-0.15, -0.1) is 0 Å². The molecule has 0 spiro atoms. The summed E-state index contributed by atoms with van der Waals surface area (Å²) in [5, 5.41) is 10.7. The third-order valence-corrected chi connectivity index (χ3v) is 8.58. The maximum Gasteiger partial charge on any atom is 0.435 e. The molecule has 4 aromatic rings. The van der Waals surface area contributed by atoms with Gasteiger partial charge in [-0.2, -0.15) is 8.78 Å². The van der Waals surface area contributed by atoms with Gasteiger partial charge in [-0.25, -0.2) is 23.7 Å². The number of anilines is 1. The Morgan fingerprint density at radius 2 is 1.51 bits per heavy atom. The van der Waals surface area contributed by atoms with E-state index in [1.807, 2.05) is 0 Å². The fourth-order valence-corrected chi connectivity index (χ4v) is 6.16. The van der Waals surface area contributed by atoms with Crippen molar-refractivity contribution in [3.63, 3.8) is 0 Å². The molecule has 5 rings (SSSR count). The van der Waals surface area contributed by atoms with Crippen molar-refractivity contribution in [1.82, 2.24) is 19.5 Å². The molecule has 18 heteroatoms. The van der Waals surface area contributed by atoms with Crippen molar-refractivity contribution in [2.75, 3.05) is 26.6 Å². The van der Waals surface area contributed by atoms with Crippen LogP contribution in [0, 0.1) is 0 Å². The van der Waals surface area contributed by atoms with Gasteiger partial charge in [0.15, 0.2) is 23.2 Å². The van der Waals surface area contributed by atoms with Gasteiger partial charge < -0.3 is 34.1 Å². The van der Waals surface area contributed by atoms with Crippen molar-refractivity contribution < 1.29 is 50.5 Å². The lowest BCUT2D eigenvalue weighted by molar-refractivity contribution is -0.191. The molecule has 0 radical (unpaired) electrons. The van der Waals surface area contributed by atoms with Crippen LogP contribution in [0.15, 0.2) is 61.2 Å². The lowest BCUT2D eigenvalue weighted by Gasteiger charge is -2.32. The van der Waals surface area contributed by atoms with Crippen LogP contribution in [0.1, 0.15) is 6.23 Å². The molecule has 1 aliphatic heterocycles. The molecule has 0 bridgehead atoms. The Labute approximate surface area is 246 Å². The van der Waals surface area contributed by atoms with Gasteiger partial charge in [-0.1, -0.05) is 0 Å². The minimum Gasteiger partial charge on any atom is -0.497 e. The van der Waals surface area contributed by atoms with Crippen molar-refractivity contribution in [2.45, 2.75) is 30.3 Å². The number of nitrogen functional groups attached to an aromatic ring is 1. The van der Waals surface area contributed by atoms with Gasteiger partial charge in [-0.05, 0) is 48.5 Å². The van der Waals surface area contributed by atoms with Gasteiger partial charge in [0.05, 0.1) is 27.2 Å². The molecule has 3 atom stereocenters. The highest BCUT2D eigenvalue weighted by Gasteiger charge is 2.71. The molecule has 0 amide bonds. The number of alkyl halides is 4. The zero-order chi connectivity index (χ0) is 31.0. The van der Waals surface area contributed by atoms with Gasteiger partial charge in [0.25, 0.3) is 6.43 Å². The summed E-state index contributed by atoms with van der Waals surface area (Å²) in [6, 6.07) is 11.9. The first kappa shape index (κ1) is 30.7. The lowest BCUT2D eigenvalue weighted by Crippen LogP contribution is -2.54. The quantitative estimate of drug-likeness (QED) is 0.177. The van der Waals surface area contributed by atoms with Crippen molar-refractivity contribution >= 4 is 35.5 Å². The zero-order valence-electron chi connectivity index (χ0n) is 22.3. The summed E-state index contributed by atoms with van der Waals surface area (Å²) >= 11 is 5.51. The Morgan fingerprint density at radius 1 is 0.977 bits per heavy atom. The molecule has 1 aliphatic rings. The molecular formula is C25H24F4N5O7PS. The Bertz CT molecular complexity index is 1580. The minimum atomic E-state index is -4.29. The Morgan fingerprint density at radius 3 is 2.02 bits per heavy atom. The third kappa shape index (κ3) is 5.78. The van der Waals surface area contributed by atoms with E-state index < -0.39 is 43.6 Å². The van der Waals surface area contributed by atoms with E-state index in [2.05, 4.69) is 15.0 Å². The second-order valence-corrected chi connectivity index (χ2v) is 12.0. The molecule has 1 unspecified atom stereocenters. The van der Waals surface area contributed by atoms with Gasteiger partial charge in [0, 0.05) is 11.8 Å². The zero-order valence-corrected chi connectivity index (χ0v) is 24.1. The van der Waals surface area contributed by atoms with E-state index in [1.165, 1.54) is 62.8 Å². The summed E-state index contributed by atoms with van der Waals surface area (Å²) < 4.78 is 93.7. The van der Waals surface area contributed by atoms with Crippen molar-refractivity contribution in [2.24, 2.45) is 0 Å². The number of halogens is 4. The van der Waals surface area contributed by atoms with Crippen LogP contribution in [0.3, 0.4) is 0 Å². The van der Waals surface area contributed by atoms with E-state index in [0.29, 0.717) is 16.1 Å². The Hall–Kier alpha value is -3.76. The van der Waals surface area contributed by atoms with Gasteiger partial charge >= 0.3 is 12.6 Å². The molecule has 0 aliphatic carbocycles. The average molecular weight is 646 g/mol. The number of benzene rings is 2. The number of imidazole rings is 1. The van der Waals surface area contributed by atoms with Crippen LogP contribution in [0.4, 0.5) is 23.4 Å². The molecule has 2 aromatic heterocycles. The highest BCUT2D eigenvalue weighted by molar-refractivity contribution is 8.07. The van der Waals surface area contributed by atoms with E-state index in [-0.39, 0.29) is 28.5 Å². The van der Waals surface area contributed by atoms with Gasteiger partial charge in [0.2, 0.25) is 6.23 Å². The molecule has 0 saturated carbocycles. The highest BCUT2D eigenvalue weighted by atomic mass is 32.5. The number of ether oxygens (including phenoxy) is 3. The van der Waals surface area contributed by atoms with E-state index in [0.717, 1.165) is 12.7 Å². The van der Waals surface area contributed by atoms with Crippen LogP contribution in [-0.4, -0.2) is 69.5 Å². The number of nitrogens with zero attached hydrogens (tertiary/aromatic N) is 4. The van der Waals surface area contributed by atoms with Crippen LogP contribution in [-0.2, 0) is 21.1 Å².